The minimum absolute atomic E-state index is 0.298. The summed E-state index contributed by atoms with van der Waals surface area (Å²) in [5, 5.41) is 11.4. The zero-order valence-electron chi connectivity index (χ0n) is 20.8. The van der Waals surface area contributed by atoms with Crippen molar-refractivity contribution >= 4 is 16.7 Å². The molecule has 0 spiro atoms. The molecule has 0 aliphatic carbocycles. The van der Waals surface area contributed by atoms with Crippen LogP contribution in [0.25, 0.3) is 22.2 Å². The van der Waals surface area contributed by atoms with E-state index in [9.17, 15) is 9.90 Å². The first kappa shape index (κ1) is 25.3. The number of carboxylic acid groups (broad SMARTS) is 1. The lowest BCUT2D eigenvalue weighted by molar-refractivity contribution is -0.149. The van der Waals surface area contributed by atoms with Crippen LogP contribution in [-0.4, -0.2) is 42.5 Å². The van der Waals surface area contributed by atoms with E-state index in [-0.39, 0.29) is 0 Å². The summed E-state index contributed by atoms with van der Waals surface area (Å²) in [4.78, 5) is 16.2. The van der Waals surface area contributed by atoms with Gasteiger partial charge in [-0.05, 0) is 68.0 Å². The molecule has 4 aromatic rings. The molecule has 0 amide bonds. The lowest BCUT2D eigenvalue weighted by atomic mass is 9.99. The Balaban J connectivity index is 1.40. The Morgan fingerprint density at radius 2 is 1.81 bits per heavy atom. The van der Waals surface area contributed by atoms with Gasteiger partial charge in [-0.3, -0.25) is 0 Å². The Hall–Kier alpha value is -3.84. The zero-order chi connectivity index (χ0) is 25.5. The smallest absolute Gasteiger partial charge is 0.333 e. The second kappa shape index (κ2) is 11.7. The molecule has 188 valence electrons. The number of methoxy groups -OCH3 is 1. The van der Waals surface area contributed by atoms with Crippen LogP contribution in [0.15, 0.2) is 65.1 Å². The van der Waals surface area contributed by atoms with Crippen molar-refractivity contribution in [2.24, 2.45) is 0 Å². The normalized spacial score (nSPS) is 12.0. The Kier molecular flexibility index (Phi) is 8.23. The number of fused-ring (bicyclic) bond motifs is 1. The van der Waals surface area contributed by atoms with Gasteiger partial charge in [0, 0.05) is 24.0 Å². The number of aryl methyl sites for hydroxylation is 2. The largest absolute Gasteiger partial charge is 0.497 e. The van der Waals surface area contributed by atoms with Crippen molar-refractivity contribution in [3.8, 4) is 23.0 Å². The van der Waals surface area contributed by atoms with Crippen LogP contribution >= 0.6 is 0 Å². The molecule has 0 aliphatic rings. The van der Waals surface area contributed by atoms with E-state index < -0.39 is 12.1 Å². The van der Waals surface area contributed by atoms with Crippen molar-refractivity contribution in [1.29, 1.82) is 0 Å². The summed E-state index contributed by atoms with van der Waals surface area (Å²) in [5.41, 5.74) is 2.74. The Morgan fingerprint density at radius 3 is 2.50 bits per heavy atom. The molecule has 0 saturated heterocycles. The zero-order valence-corrected chi connectivity index (χ0v) is 20.8. The number of hydrogen-bond acceptors (Lipinski definition) is 6. The van der Waals surface area contributed by atoms with Gasteiger partial charge in [-0.1, -0.05) is 30.3 Å². The third-order valence-corrected chi connectivity index (χ3v) is 6.07. The standard InChI is InChI=1S/C29H31NO6/c1-4-34-27(29(31)32)18-21-13-16-26(24-9-6-5-8-23(21)24)35-17-7-10-25-19(2)36-28(30-25)20-11-14-22(33-3)15-12-20/h5-6,8-9,11-16,27H,4,7,10,17-18H2,1-3H3,(H,31,32). The molecule has 0 fully saturated rings. The van der Waals surface area contributed by atoms with Crippen LogP contribution in [0.5, 0.6) is 11.5 Å². The fraction of sp³-hybridized carbons (Fsp3) is 0.310. The number of aromatic nitrogens is 1. The summed E-state index contributed by atoms with van der Waals surface area (Å²) >= 11 is 0. The fourth-order valence-corrected chi connectivity index (χ4v) is 4.19. The first-order valence-corrected chi connectivity index (χ1v) is 12.1. The topological polar surface area (TPSA) is 91.0 Å². The summed E-state index contributed by atoms with van der Waals surface area (Å²) in [5.74, 6) is 2.00. The predicted octanol–water partition coefficient (Wildman–Crippen LogP) is 5.86. The summed E-state index contributed by atoms with van der Waals surface area (Å²) in [6.07, 6.45) is 0.928. The SMILES string of the molecule is CCOC(Cc1ccc(OCCCc2nc(-c3ccc(OC)cc3)oc2C)c2ccccc12)C(=O)O. The monoisotopic (exact) mass is 489 g/mol. The van der Waals surface area contributed by atoms with Crippen LogP contribution in [0.1, 0.15) is 30.4 Å². The number of carbonyl (C=O) groups is 1. The molecule has 3 aromatic carbocycles. The summed E-state index contributed by atoms with van der Waals surface area (Å²) in [6.45, 7) is 4.59. The van der Waals surface area contributed by atoms with Crippen molar-refractivity contribution in [2.45, 2.75) is 39.2 Å². The third kappa shape index (κ3) is 5.86. The van der Waals surface area contributed by atoms with Crippen LogP contribution in [0, 0.1) is 6.92 Å². The van der Waals surface area contributed by atoms with E-state index >= 15 is 0 Å². The van der Waals surface area contributed by atoms with Crippen molar-refractivity contribution < 1.29 is 28.5 Å². The van der Waals surface area contributed by atoms with Gasteiger partial charge in [0.2, 0.25) is 5.89 Å². The average Bonchev–Trinajstić information content (AvgIpc) is 3.27. The van der Waals surface area contributed by atoms with E-state index in [0.717, 1.165) is 57.7 Å². The van der Waals surface area contributed by atoms with Gasteiger partial charge in [0.25, 0.3) is 0 Å². The first-order valence-electron chi connectivity index (χ1n) is 12.1. The fourth-order valence-electron chi connectivity index (χ4n) is 4.19. The minimum Gasteiger partial charge on any atom is -0.497 e. The number of oxazole rings is 1. The molecule has 1 atom stereocenters. The minimum atomic E-state index is -0.959. The molecule has 36 heavy (non-hydrogen) atoms. The predicted molar refractivity (Wildman–Crippen MR) is 138 cm³/mol. The maximum absolute atomic E-state index is 11.6. The second-order valence-corrected chi connectivity index (χ2v) is 8.46. The van der Waals surface area contributed by atoms with Crippen molar-refractivity contribution in [3.05, 3.63) is 77.7 Å². The average molecular weight is 490 g/mol. The number of ether oxygens (including phenoxy) is 3. The molecule has 1 N–H and O–H groups in total. The van der Waals surface area contributed by atoms with Gasteiger partial charge in [0.1, 0.15) is 17.3 Å². The number of carboxylic acids is 1. The molecule has 1 heterocycles. The summed E-state index contributed by atoms with van der Waals surface area (Å²) in [7, 11) is 1.64. The van der Waals surface area contributed by atoms with Gasteiger partial charge in [-0.15, -0.1) is 0 Å². The number of nitrogens with zero attached hydrogens (tertiary/aromatic N) is 1. The highest BCUT2D eigenvalue weighted by Crippen LogP contribution is 2.30. The number of benzene rings is 3. The van der Waals surface area contributed by atoms with Gasteiger partial charge < -0.3 is 23.7 Å². The third-order valence-electron chi connectivity index (χ3n) is 6.07. The molecular weight excluding hydrogens is 458 g/mol. The highest BCUT2D eigenvalue weighted by Gasteiger charge is 2.20. The second-order valence-electron chi connectivity index (χ2n) is 8.46. The summed E-state index contributed by atoms with van der Waals surface area (Å²) < 4.78 is 22.6. The van der Waals surface area contributed by atoms with Gasteiger partial charge in [0.15, 0.2) is 6.10 Å². The molecule has 0 saturated carbocycles. The van der Waals surface area contributed by atoms with Gasteiger partial charge in [0.05, 0.1) is 19.4 Å². The van der Waals surface area contributed by atoms with E-state index in [2.05, 4.69) is 4.98 Å². The molecule has 1 unspecified atom stereocenters. The van der Waals surface area contributed by atoms with Gasteiger partial charge >= 0.3 is 5.97 Å². The molecule has 0 bridgehead atoms. The molecule has 1 aromatic heterocycles. The van der Waals surface area contributed by atoms with Crippen LogP contribution < -0.4 is 9.47 Å². The molecular formula is C29H31NO6. The quantitative estimate of drug-likeness (QED) is 0.249. The molecule has 7 heteroatoms. The Labute approximate surface area is 210 Å². The van der Waals surface area contributed by atoms with Crippen molar-refractivity contribution in [3.63, 3.8) is 0 Å². The number of rotatable bonds is 12. The molecule has 0 aliphatic heterocycles. The van der Waals surface area contributed by atoms with Crippen molar-refractivity contribution in [2.75, 3.05) is 20.3 Å². The Morgan fingerprint density at radius 1 is 1.06 bits per heavy atom. The molecule has 7 nitrogen and oxygen atoms in total. The van der Waals surface area contributed by atoms with Crippen molar-refractivity contribution in [1.82, 2.24) is 4.98 Å². The maximum Gasteiger partial charge on any atom is 0.333 e. The highest BCUT2D eigenvalue weighted by molar-refractivity contribution is 5.91. The molecule has 4 rings (SSSR count). The number of aliphatic carboxylic acids is 1. The van der Waals surface area contributed by atoms with E-state index in [1.54, 1.807) is 14.0 Å². The first-order chi connectivity index (χ1) is 17.5. The van der Waals surface area contributed by atoms with E-state index in [1.165, 1.54) is 0 Å². The highest BCUT2D eigenvalue weighted by atomic mass is 16.5. The lowest BCUT2D eigenvalue weighted by Gasteiger charge is -2.16. The van der Waals surface area contributed by atoms with Crippen LogP contribution in [0.4, 0.5) is 0 Å². The van der Waals surface area contributed by atoms with Gasteiger partial charge in [-0.25, -0.2) is 9.78 Å². The Bertz CT molecular complexity index is 1310. The van der Waals surface area contributed by atoms with Crippen LogP contribution in [-0.2, 0) is 22.4 Å². The molecule has 0 radical (unpaired) electrons. The van der Waals surface area contributed by atoms with Crippen LogP contribution in [0.2, 0.25) is 0 Å². The van der Waals surface area contributed by atoms with E-state index in [0.29, 0.717) is 25.5 Å². The van der Waals surface area contributed by atoms with Crippen LogP contribution in [0.3, 0.4) is 0 Å². The van der Waals surface area contributed by atoms with E-state index in [1.807, 2.05) is 67.6 Å². The summed E-state index contributed by atoms with van der Waals surface area (Å²) in [6, 6.07) is 19.3. The lowest BCUT2D eigenvalue weighted by Crippen LogP contribution is -2.26. The van der Waals surface area contributed by atoms with Gasteiger partial charge in [-0.2, -0.15) is 0 Å². The maximum atomic E-state index is 11.6. The number of hydrogen-bond donors (Lipinski definition) is 1. The van der Waals surface area contributed by atoms with E-state index in [4.69, 9.17) is 18.6 Å².